The van der Waals surface area contributed by atoms with Gasteiger partial charge >= 0.3 is 0 Å². The SMILES string of the molecule is CCNC(=O)[C@H](C)N(Cc1ccc(Cl)cc1)C(=O)COc1ccc(Cl)cc1. The van der Waals surface area contributed by atoms with Crippen molar-refractivity contribution in [1.29, 1.82) is 0 Å². The topological polar surface area (TPSA) is 58.6 Å². The molecule has 0 saturated carbocycles. The maximum Gasteiger partial charge on any atom is 0.261 e. The molecule has 0 spiro atoms. The molecule has 1 N–H and O–H groups in total. The third-order valence-corrected chi connectivity index (χ3v) is 4.46. The third kappa shape index (κ3) is 6.45. The van der Waals surface area contributed by atoms with Crippen molar-refractivity contribution in [2.24, 2.45) is 0 Å². The van der Waals surface area contributed by atoms with Gasteiger partial charge in [0.05, 0.1) is 0 Å². The Kier molecular flexibility index (Phi) is 7.95. The Hall–Kier alpha value is -2.24. The van der Waals surface area contributed by atoms with Gasteiger partial charge in [0.25, 0.3) is 5.91 Å². The van der Waals surface area contributed by atoms with Crippen LogP contribution in [0.2, 0.25) is 10.0 Å². The van der Waals surface area contributed by atoms with E-state index in [0.717, 1.165) is 5.56 Å². The van der Waals surface area contributed by atoms with Crippen molar-refractivity contribution in [3.8, 4) is 5.75 Å². The summed E-state index contributed by atoms with van der Waals surface area (Å²) < 4.78 is 5.55. The summed E-state index contributed by atoms with van der Waals surface area (Å²) in [5.74, 6) is 0.0230. The number of hydrogen-bond donors (Lipinski definition) is 1. The van der Waals surface area contributed by atoms with E-state index in [0.29, 0.717) is 22.3 Å². The van der Waals surface area contributed by atoms with Gasteiger partial charge in [-0.05, 0) is 55.8 Å². The smallest absolute Gasteiger partial charge is 0.261 e. The van der Waals surface area contributed by atoms with Crippen LogP contribution in [0.25, 0.3) is 0 Å². The Bertz CT molecular complexity index is 764. The number of halogens is 2. The van der Waals surface area contributed by atoms with Gasteiger partial charge in [-0.15, -0.1) is 0 Å². The van der Waals surface area contributed by atoms with Crippen molar-refractivity contribution in [1.82, 2.24) is 10.2 Å². The number of nitrogens with zero attached hydrogens (tertiary/aromatic N) is 1. The lowest BCUT2D eigenvalue weighted by atomic mass is 10.1. The van der Waals surface area contributed by atoms with Gasteiger partial charge in [-0.25, -0.2) is 0 Å². The highest BCUT2D eigenvalue weighted by Gasteiger charge is 2.26. The van der Waals surface area contributed by atoms with Crippen molar-refractivity contribution < 1.29 is 14.3 Å². The molecule has 2 aromatic carbocycles. The van der Waals surface area contributed by atoms with Crippen LogP contribution in [0.1, 0.15) is 19.4 Å². The Morgan fingerprint density at radius 1 is 1.04 bits per heavy atom. The molecule has 0 unspecified atom stereocenters. The van der Waals surface area contributed by atoms with Crippen LogP contribution in [0, 0.1) is 0 Å². The average molecular weight is 409 g/mol. The van der Waals surface area contributed by atoms with E-state index in [-0.39, 0.29) is 25.0 Å². The second-order valence-electron chi connectivity index (χ2n) is 5.96. The van der Waals surface area contributed by atoms with E-state index in [1.807, 2.05) is 19.1 Å². The molecule has 27 heavy (non-hydrogen) atoms. The molecule has 2 rings (SSSR count). The zero-order chi connectivity index (χ0) is 19.8. The minimum atomic E-state index is -0.637. The zero-order valence-electron chi connectivity index (χ0n) is 15.2. The molecule has 2 aromatic rings. The standard InChI is InChI=1S/C20H22Cl2N2O3/c1-3-23-20(26)14(2)24(12-15-4-6-16(21)7-5-15)19(25)13-27-18-10-8-17(22)9-11-18/h4-11,14H,3,12-13H2,1-2H3,(H,23,26)/t14-/m0/s1. The zero-order valence-corrected chi connectivity index (χ0v) is 16.8. The van der Waals surface area contributed by atoms with E-state index in [1.165, 1.54) is 4.90 Å². The number of ether oxygens (including phenoxy) is 1. The quantitative estimate of drug-likeness (QED) is 0.719. The van der Waals surface area contributed by atoms with Gasteiger partial charge in [0.1, 0.15) is 11.8 Å². The molecule has 2 amide bonds. The van der Waals surface area contributed by atoms with Gasteiger partial charge in [-0.3, -0.25) is 9.59 Å². The molecule has 0 saturated heterocycles. The first-order valence-corrected chi connectivity index (χ1v) is 9.36. The lowest BCUT2D eigenvalue weighted by molar-refractivity contribution is -0.142. The van der Waals surface area contributed by atoms with Crippen LogP contribution >= 0.6 is 23.2 Å². The number of rotatable bonds is 8. The Morgan fingerprint density at radius 2 is 1.59 bits per heavy atom. The van der Waals surface area contributed by atoms with Crippen LogP contribution in [-0.4, -0.2) is 35.9 Å². The van der Waals surface area contributed by atoms with Gasteiger partial charge in [0.15, 0.2) is 6.61 Å². The number of nitrogens with one attached hydrogen (secondary N) is 1. The molecule has 0 aliphatic carbocycles. The molecule has 0 aromatic heterocycles. The summed E-state index contributed by atoms with van der Waals surface area (Å²) in [7, 11) is 0. The average Bonchev–Trinajstić information content (AvgIpc) is 2.66. The predicted molar refractivity (Wildman–Crippen MR) is 107 cm³/mol. The number of carbonyl (C=O) groups is 2. The highest BCUT2D eigenvalue weighted by atomic mass is 35.5. The van der Waals surface area contributed by atoms with Crippen LogP contribution in [0.15, 0.2) is 48.5 Å². The maximum absolute atomic E-state index is 12.8. The van der Waals surface area contributed by atoms with Crippen molar-refractivity contribution in [2.75, 3.05) is 13.2 Å². The van der Waals surface area contributed by atoms with Crippen molar-refractivity contribution in [3.05, 3.63) is 64.1 Å². The van der Waals surface area contributed by atoms with E-state index in [1.54, 1.807) is 43.3 Å². The fourth-order valence-electron chi connectivity index (χ4n) is 2.45. The largest absolute Gasteiger partial charge is 0.484 e. The van der Waals surface area contributed by atoms with Gasteiger partial charge < -0.3 is 15.0 Å². The first kappa shape index (κ1) is 21.1. The molecule has 0 fully saturated rings. The molecule has 144 valence electrons. The van der Waals surface area contributed by atoms with Crippen molar-refractivity contribution >= 4 is 35.0 Å². The molecule has 0 aliphatic rings. The minimum absolute atomic E-state index is 0.182. The summed E-state index contributed by atoms with van der Waals surface area (Å²) in [6, 6.07) is 13.3. The highest BCUT2D eigenvalue weighted by molar-refractivity contribution is 6.30. The summed E-state index contributed by atoms with van der Waals surface area (Å²) in [4.78, 5) is 26.5. The minimum Gasteiger partial charge on any atom is -0.484 e. The molecule has 0 bridgehead atoms. The van der Waals surface area contributed by atoms with E-state index in [9.17, 15) is 9.59 Å². The van der Waals surface area contributed by atoms with Crippen LogP contribution in [0.3, 0.4) is 0 Å². The summed E-state index contributed by atoms with van der Waals surface area (Å²) in [5.41, 5.74) is 0.871. The van der Waals surface area contributed by atoms with Crippen LogP contribution in [-0.2, 0) is 16.1 Å². The highest BCUT2D eigenvalue weighted by Crippen LogP contribution is 2.17. The lowest BCUT2D eigenvalue weighted by Crippen LogP contribution is -2.49. The second kappa shape index (κ2) is 10.2. The predicted octanol–water partition coefficient (Wildman–Crippen LogP) is 3.93. The number of likely N-dealkylation sites (N-methyl/N-ethyl adjacent to an activating group) is 1. The normalized spacial score (nSPS) is 11.6. The molecular formula is C20H22Cl2N2O3. The second-order valence-corrected chi connectivity index (χ2v) is 6.83. The number of carbonyl (C=O) groups excluding carboxylic acids is 2. The monoisotopic (exact) mass is 408 g/mol. The van der Waals surface area contributed by atoms with Gasteiger partial charge in [-0.2, -0.15) is 0 Å². The van der Waals surface area contributed by atoms with E-state index in [2.05, 4.69) is 5.32 Å². The molecule has 7 heteroatoms. The number of amides is 2. The molecule has 0 heterocycles. The number of benzene rings is 2. The molecule has 0 aliphatic heterocycles. The first-order chi connectivity index (χ1) is 12.9. The van der Waals surface area contributed by atoms with E-state index < -0.39 is 6.04 Å². The third-order valence-electron chi connectivity index (χ3n) is 3.96. The van der Waals surface area contributed by atoms with Gasteiger partial charge in [0.2, 0.25) is 5.91 Å². The summed E-state index contributed by atoms with van der Waals surface area (Å²) in [6.07, 6.45) is 0. The molecule has 5 nitrogen and oxygen atoms in total. The van der Waals surface area contributed by atoms with E-state index in [4.69, 9.17) is 27.9 Å². The van der Waals surface area contributed by atoms with E-state index >= 15 is 0 Å². The van der Waals surface area contributed by atoms with Crippen molar-refractivity contribution in [2.45, 2.75) is 26.4 Å². The summed E-state index contributed by atoms with van der Waals surface area (Å²) >= 11 is 11.8. The van der Waals surface area contributed by atoms with Crippen molar-refractivity contribution in [3.63, 3.8) is 0 Å². The Labute approximate surface area is 169 Å². The molecule has 1 atom stereocenters. The molecule has 0 radical (unpaired) electrons. The number of hydrogen-bond acceptors (Lipinski definition) is 3. The van der Waals surface area contributed by atoms with Crippen LogP contribution in [0.5, 0.6) is 5.75 Å². The summed E-state index contributed by atoms with van der Waals surface area (Å²) in [5, 5.41) is 3.94. The van der Waals surface area contributed by atoms with Gasteiger partial charge in [-0.1, -0.05) is 35.3 Å². The molecular weight excluding hydrogens is 387 g/mol. The first-order valence-electron chi connectivity index (χ1n) is 8.60. The van der Waals surface area contributed by atoms with Crippen LogP contribution in [0.4, 0.5) is 0 Å². The van der Waals surface area contributed by atoms with Gasteiger partial charge in [0, 0.05) is 23.1 Å². The lowest BCUT2D eigenvalue weighted by Gasteiger charge is -2.28. The Balaban J connectivity index is 2.11. The summed E-state index contributed by atoms with van der Waals surface area (Å²) in [6.45, 7) is 4.12. The fourth-order valence-corrected chi connectivity index (χ4v) is 2.70. The fraction of sp³-hybridized carbons (Fsp3) is 0.300. The Morgan fingerprint density at radius 3 is 2.15 bits per heavy atom. The van der Waals surface area contributed by atoms with Crippen LogP contribution < -0.4 is 10.1 Å². The maximum atomic E-state index is 12.8.